The SMILES string of the molecule is N#Cc1ccc(-c2ccc(OC(=O)CCCCCC(=O)Oc3ccc(-c4ccc(F)cc4)c(F)c3)cc2)cc1. The van der Waals surface area contributed by atoms with E-state index in [1.807, 2.05) is 24.3 Å². The summed E-state index contributed by atoms with van der Waals surface area (Å²) in [7, 11) is 0. The molecule has 4 aromatic rings. The molecule has 0 unspecified atom stereocenters. The van der Waals surface area contributed by atoms with Crippen molar-refractivity contribution < 1.29 is 27.8 Å². The Hall–Kier alpha value is -4.83. The van der Waals surface area contributed by atoms with Gasteiger partial charge in [-0.05, 0) is 78.1 Å². The lowest BCUT2D eigenvalue weighted by atomic mass is 10.0. The predicted molar refractivity (Wildman–Crippen MR) is 143 cm³/mol. The van der Waals surface area contributed by atoms with Gasteiger partial charge in [-0.1, -0.05) is 42.8 Å². The molecule has 0 aliphatic heterocycles. The highest BCUT2D eigenvalue weighted by molar-refractivity contribution is 5.74. The molecular formula is C32H25F2NO4. The van der Waals surface area contributed by atoms with Crippen molar-refractivity contribution in [3.05, 3.63) is 108 Å². The van der Waals surface area contributed by atoms with E-state index in [0.29, 0.717) is 36.1 Å². The first-order valence-electron chi connectivity index (χ1n) is 12.5. The molecule has 0 radical (unpaired) electrons. The Morgan fingerprint density at radius 1 is 0.641 bits per heavy atom. The fourth-order valence-corrected chi connectivity index (χ4v) is 3.96. The Kier molecular flexibility index (Phi) is 9.15. The van der Waals surface area contributed by atoms with Crippen LogP contribution in [0, 0.1) is 23.0 Å². The molecule has 39 heavy (non-hydrogen) atoms. The van der Waals surface area contributed by atoms with Crippen LogP contribution >= 0.6 is 0 Å². The molecule has 4 aromatic carbocycles. The van der Waals surface area contributed by atoms with Gasteiger partial charge in [-0.2, -0.15) is 5.26 Å². The summed E-state index contributed by atoms with van der Waals surface area (Å²) in [6, 6.07) is 26.0. The third-order valence-corrected chi connectivity index (χ3v) is 6.02. The second kappa shape index (κ2) is 13.1. The van der Waals surface area contributed by atoms with Gasteiger partial charge in [0.2, 0.25) is 0 Å². The van der Waals surface area contributed by atoms with E-state index in [2.05, 4.69) is 6.07 Å². The highest BCUT2D eigenvalue weighted by Gasteiger charge is 2.11. The highest BCUT2D eigenvalue weighted by atomic mass is 19.1. The van der Waals surface area contributed by atoms with Crippen LogP contribution in [0.4, 0.5) is 8.78 Å². The first-order chi connectivity index (χ1) is 18.9. The maximum Gasteiger partial charge on any atom is 0.311 e. The first-order valence-corrected chi connectivity index (χ1v) is 12.5. The number of nitrogens with zero attached hydrogens (tertiary/aromatic N) is 1. The number of esters is 2. The molecular weight excluding hydrogens is 500 g/mol. The molecule has 5 nitrogen and oxygen atoms in total. The molecule has 0 saturated heterocycles. The van der Waals surface area contributed by atoms with E-state index >= 15 is 0 Å². The standard InChI is InChI=1S/C32H25F2NO4/c33-26-14-10-25(11-15-26)29-19-18-28(20-30(29)34)39-32(37)5-3-1-2-4-31(36)38-27-16-12-24(13-17-27)23-8-6-22(21-35)7-9-23/h6-20H,1-5H2. The number of carbonyl (C=O) groups is 2. The average Bonchev–Trinajstić information content (AvgIpc) is 2.94. The van der Waals surface area contributed by atoms with E-state index in [1.54, 1.807) is 24.3 Å². The summed E-state index contributed by atoms with van der Waals surface area (Å²) in [5.41, 5.74) is 3.29. The normalized spacial score (nSPS) is 10.5. The lowest BCUT2D eigenvalue weighted by Gasteiger charge is -2.08. The lowest BCUT2D eigenvalue weighted by Crippen LogP contribution is -2.09. The fourth-order valence-electron chi connectivity index (χ4n) is 3.96. The first kappa shape index (κ1) is 27.2. The number of hydrogen-bond donors (Lipinski definition) is 0. The molecule has 196 valence electrons. The largest absolute Gasteiger partial charge is 0.427 e. The van der Waals surface area contributed by atoms with Crippen LogP contribution in [0.1, 0.15) is 37.7 Å². The zero-order chi connectivity index (χ0) is 27.6. The van der Waals surface area contributed by atoms with Gasteiger partial charge >= 0.3 is 11.9 Å². The summed E-state index contributed by atoms with van der Waals surface area (Å²) in [5.74, 6) is -1.30. The smallest absolute Gasteiger partial charge is 0.311 e. The Morgan fingerprint density at radius 3 is 1.72 bits per heavy atom. The predicted octanol–water partition coefficient (Wildman–Crippen LogP) is 7.63. The van der Waals surface area contributed by atoms with Crippen molar-refractivity contribution >= 4 is 11.9 Å². The summed E-state index contributed by atoms with van der Waals surface area (Å²) in [6.07, 6.45) is 2.04. The van der Waals surface area contributed by atoms with Crippen molar-refractivity contribution in [2.75, 3.05) is 0 Å². The summed E-state index contributed by atoms with van der Waals surface area (Å²) >= 11 is 0. The van der Waals surface area contributed by atoms with Crippen LogP contribution in [0.2, 0.25) is 0 Å². The summed E-state index contributed by atoms with van der Waals surface area (Å²) < 4.78 is 38.1. The van der Waals surface area contributed by atoms with Gasteiger partial charge in [0, 0.05) is 24.5 Å². The zero-order valence-electron chi connectivity index (χ0n) is 21.0. The van der Waals surface area contributed by atoms with Gasteiger partial charge in [0.1, 0.15) is 23.1 Å². The van der Waals surface area contributed by atoms with E-state index < -0.39 is 17.6 Å². The number of halogens is 2. The van der Waals surface area contributed by atoms with Gasteiger partial charge in [-0.3, -0.25) is 9.59 Å². The number of benzene rings is 4. The molecule has 0 fully saturated rings. The van der Waals surface area contributed by atoms with Crippen LogP contribution in [0.5, 0.6) is 11.5 Å². The second-order valence-corrected chi connectivity index (χ2v) is 8.87. The van der Waals surface area contributed by atoms with E-state index in [4.69, 9.17) is 14.7 Å². The van der Waals surface area contributed by atoms with Gasteiger partial charge in [-0.25, -0.2) is 8.78 Å². The molecule has 7 heteroatoms. The number of carbonyl (C=O) groups excluding carboxylic acids is 2. The molecule has 0 atom stereocenters. The zero-order valence-corrected chi connectivity index (χ0v) is 21.0. The minimum atomic E-state index is -0.575. The van der Waals surface area contributed by atoms with Crippen LogP contribution in [0.3, 0.4) is 0 Å². The van der Waals surface area contributed by atoms with E-state index in [0.717, 1.165) is 17.2 Å². The topological polar surface area (TPSA) is 76.4 Å². The number of nitriles is 1. The molecule has 0 spiro atoms. The minimum absolute atomic E-state index is 0.0946. The maximum absolute atomic E-state index is 14.5. The molecule has 0 aliphatic carbocycles. The summed E-state index contributed by atoms with van der Waals surface area (Å²) in [6.45, 7) is 0. The highest BCUT2D eigenvalue weighted by Crippen LogP contribution is 2.27. The molecule has 0 amide bonds. The van der Waals surface area contributed by atoms with Crippen molar-refractivity contribution in [3.63, 3.8) is 0 Å². The van der Waals surface area contributed by atoms with Gasteiger partial charge < -0.3 is 9.47 Å². The third-order valence-electron chi connectivity index (χ3n) is 6.02. The van der Waals surface area contributed by atoms with Crippen molar-refractivity contribution in [2.24, 2.45) is 0 Å². The Morgan fingerprint density at radius 2 is 1.15 bits per heavy atom. The number of unbranched alkanes of at least 4 members (excludes halogenated alkanes) is 2. The molecule has 0 saturated carbocycles. The minimum Gasteiger partial charge on any atom is -0.427 e. The number of rotatable bonds is 10. The maximum atomic E-state index is 14.5. The molecule has 0 N–H and O–H groups in total. The van der Waals surface area contributed by atoms with Crippen molar-refractivity contribution in [3.8, 4) is 39.8 Å². The van der Waals surface area contributed by atoms with E-state index in [9.17, 15) is 18.4 Å². The monoisotopic (exact) mass is 525 g/mol. The van der Waals surface area contributed by atoms with Gasteiger partial charge in [0.05, 0.1) is 11.6 Å². The van der Waals surface area contributed by atoms with Crippen LogP contribution in [0.25, 0.3) is 22.3 Å². The molecule has 0 aromatic heterocycles. The molecule has 4 rings (SSSR count). The second-order valence-electron chi connectivity index (χ2n) is 8.87. The van der Waals surface area contributed by atoms with Crippen LogP contribution < -0.4 is 9.47 Å². The molecule has 0 heterocycles. The Labute approximate surface area is 225 Å². The van der Waals surface area contributed by atoms with Crippen molar-refractivity contribution in [2.45, 2.75) is 32.1 Å². The van der Waals surface area contributed by atoms with Crippen LogP contribution in [-0.4, -0.2) is 11.9 Å². The van der Waals surface area contributed by atoms with Crippen molar-refractivity contribution in [1.82, 2.24) is 0 Å². The summed E-state index contributed by atoms with van der Waals surface area (Å²) in [5, 5.41) is 8.90. The summed E-state index contributed by atoms with van der Waals surface area (Å²) in [4.78, 5) is 24.3. The number of ether oxygens (including phenoxy) is 2. The Bertz CT molecular complexity index is 1480. The lowest BCUT2D eigenvalue weighted by molar-refractivity contribution is -0.134. The van der Waals surface area contributed by atoms with Gasteiger partial charge in [0.25, 0.3) is 0 Å². The molecule has 0 bridgehead atoms. The number of hydrogen-bond acceptors (Lipinski definition) is 5. The average molecular weight is 526 g/mol. The van der Waals surface area contributed by atoms with Crippen molar-refractivity contribution in [1.29, 1.82) is 5.26 Å². The molecule has 0 aliphatic rings. The quantitative estimate of drug-likeness (QED) is 0.121. The third kappa shape index (κ3) is 7.83. The van der Waals surface area contributed by atoms with Gasteiger partial charge in [0.15, 0.2) is 0 Å². The van der Waals surface area contributed by atoms with Gasteiger partial charge in [-0.15, -0.1) is 0 Å². The van der Waals surface area contributed by atoms with E-state index in [-0.39, 0.29) is 30.1 Å². The van der Waals surface area contributed by atoms with E-state index in [1.165, 1.54) is 36.4 Å². The fraction of sp³-hybridized carbons (Fsp3) is 0.156. The van der Waals surface area contributed by atoms with Crippen LogP contribution in [0.15, 0.2) is 91.0 Å². The van der Waals surface area contributed by atoms with Crippen LogP contribution in [-0.2, 0) is 9.59 Å². The Balaban J connectivity index is 1.15.